The van der Waals surface area contributed by atoms with Crippen molar-refractivity contribution >= 4 is 34.3 Å². The van der Waals surface area contributed by atoms with E-state index in [9.17, 15) is 5.26 Å². The number of aromatic amines is 1. The van der Waals surface area contributed by atoms with Crippen LogP contribution in [0.4, 0.5) is 0 Å². The summed E-state index contributed by atoms with van der Waals surface area (Å²) < 4.78 is 2.00. The van der Waals surface area contributed by atoms with Crippen molar-refractivity contribution in [1.82, 2.24) is 14.5 Å². The Labute approximate surface area is 162 Å². The molecule has 0 radical (unpaired) electrons. The maximum absolute atomic E-state index is 9.71. The zero-order valence-corrected chi connectivity index (χ0v) is 15.7. The highest BCUT2D eigenvalue weighted by Crippen LogP contribution is 2.23. The van der Waals surface area contributed by atoms with Crippen LogP contribution in [0.25, 0.3) is 28.4 Å². The molecule has 2 aromatic heterocycles. The Morgan fingerprint density at radius 1 is 1.15 bits per heavy atom. The number of allylic oxidation sites excluding steroid dienone is 1. The standard InChI is InChI=1S/C22H17ClN4/c1-14-10-20-21(11-15(14)2)26-22(25-20)16(13-24)12-19-4-3-9-27(19)18-7-5-17(23)6-8-18/h3-12H,1-2H3,(H,25,26)/b16-12-. The van der Waals surface area contributed by atoms with E-state index in [0.29, 0.717) is 16.4 Å². The van der Waals surface area contributed by atoms with Gasteiger partial charge in [0.05, 0.1) is 16.6 Å². The fourth-order valence-corrected chi connectivity index (χ4v) is 3.17. The van der Waals surface area contributed by atoms with E-state index in [4.69, 9.17) is 11.6 Å². The molecule has 0 atom stereocenters. The van der Waals surface area contributed by atoms with E-state index in [2.05, 4.69) is 36.0 Å². The summed E-state index contributed by atoms with van der Waals surface area (Å²) in [4.78, 5) is 7.87. The van der Waals surface area contributed by atoms with Crippen molar-refractivity contribution in [2.75, 3.05) is 0 Å². The molecule has 5 heteroatoms. The second-order valence-electron chi connectivity index (χ2n) is 6.49. The van der Waals surface area contributed by atoms with Gasteiger partial charge in [0.1, 0.15) is 11.9 Å². The lowest BCUT2D eigenvalue weighted by Crippen LogP contribution is -1.95. The molecule has 2 aromatic carbocycles. The number of hydrogen-bond donors (Lipinski definition) is 1. The maximum atomic E-state index is 9.71. The van der Waals surface area contributed by atoms with Crippen LogP contribution < -0.4 is 0 Å². The third kappa shape index (κ3) is 3.25. The highest BCUT2D eigenvalue weighted by Gasteiger charge is 2.11. The van der Waals surface area contributed by atoms with Crippen LogP contribution >= 0.6 is 11.6 Å². The maximum Gasteiger partial charge on any atom is 0.149 e. The van der Waals surface area contributed by atoms with Crippen LogP contribution in [0.1, 0.15) is 22.6 Å². The first-order valence-electron chi connectivity index (χ1n) is 8.57. The van der Waals surface area contributed by atoms with Crippen LogP contribution in [0.15, 0.2) is 54.7 Å². The van der Waals surface area contributed by atoms with Crippen molar-refractivity contribution in [3.63, 3.8) is 0 Å². The Bertz CT molecular complexity index is 1160. The van der Waals surface area contributed by atoms with Crippen molar-refractivity contribution in [2.45, 2.75) is 13.8 Å². The fraction of sp³-hybridized carbons (Fsp3) is 0.0909. The van der Waals surface area contributed by atoms with Crippen LogP contribution in [0, 0.1) is 25.2 Å². The van der Waals surface area contributed by atoms with Gasteiger partial charge in [-0.25, -0.2) is 4.98 Å². The Kier molecular flexibility index (Phi) is 4.31. The van der Waals surface area contributed by atoms with Crippen LogP contribution in [-0.4, -0.2) is 14.5 Å². The monoisotopic (exact) mass is 372 g/mol. The predicted molar refractivity (Wildman–Crippen MR) is 110 cm³/mol. The van der Waals surface area contributed by atoms with Crippen LogP contribution in [0.3, 0.4) is 0 Å². The summed E-state index contributed by atoms with van der Waals surface area (Å²) in [6.45, 7) is 4.12. The van der Waals surface area contributed by atoms with Crippen molar-refractivity contribution in [3.05, 3.63) is 82.4 Å². The van der Waals surface area contributed by atoms with Crippen LogP contribution in [-0.2, 0) is 0 Å². The van der Waals surface area contributed by atoms with Gasteiger partial charge in [-0.2, -0.15) is 5.26 Å². The molecule has 0 unspecified atom stereocenters. The van der Waals surface area contributed by atoms with E-state index in [1.807, 2.05) is 59.3 Å². The van der Waals surface area contributed by atoms with Crippen LogP contribution in [0.5, 0.6) is 0 Å². The molecule has 27 heavy (non-hydrogen) atoms. The first kappa shape index (κ1) is 17.1. The van der Waals surface area contributed by atoms with Crippen LogP contribution in [0.2, 0.25) is 5.02 Å². The highest BCUT2D eigenvalue weighted by atomic mass is 35.5. The van der Waals surface area contributed by atoms with E-state index in [0.717, 1.165) is 22.4 Å². The Morgan fingerprint density at radius 3 is 2.63 bits per heavy atom. The number of benzene rings is 2. The third-order valence-corrected chi connectivity index (χ3v) is 4.90. The minimum absolute atomic E-state index is 0.482. The normalized spacial score (nSPS) is 11.7. The number of nitrogens with one attached hydrogen (secondary N) is 1. The number of hydrogen-bond acceptors (Lipinski definition) is 2. The number of nitrogens with zero attached hydrogens (tertiary/aromatic N) is 3. The van der Waals surface area contributed by atoms with Gasteiger partial charge < -0.3 is 9.55 Å². The quantitative estimate of drug-likeness (QED) is 0.470. The molecule has 0 aliphatic carbocycles. The molecule has 0 spiro atoms. The van der Waals surface area contributed by atoms with Gasteiger partial charge in [0.2, 0.25) is 0 Å². The van der Waals surface area contributed by atoms with Gasteiger partial charge in [-0.05, 0) is 79.6 Å². The summed E-state index contributed by atoms with van der Waals surface area (Å²) in [6.07, 6.45) is 3.79. The molecule has 0 aliphatic heterocycles. The van der Waals surface area contributed by atoms with Gasteiger partial charge in [0.15, 0.2) is 0 Å². The predicted octanol–water partition coefficient (Wildman–Crippen LogP) is 5.69. The second-order valence-corrected chi connectivity index (χ2v) is 6.92. The number of rotatable bonds is 3. The molecule has 0 saturated carbocycles. The molecular weight excluding hydrogens is 356 g/mol. The van der Waals surface area contributed by atoms with Gasteiger partial charge in [0, 0.05) is 22.6 Å². The first-order valence-corrected chi connectivity index (χ1v) is 8.95. The van der Waals surface area contributed by atoms with Gasteiger partial charge in [0.25, 0.3) is 0 Å². The van der Waals surface area contributed by atoms with Gasteiger partial charge in [-0.15, -0.1) is 0 Å². The van der Waals surface area contributed by atoms with Gasteiger partial charge in [-0.1, -0.05) is 11.6 Å². The SMILES string of the molecule is Cc1cc2nc(/C(C#N)=C\c3cccn3-c3ccc(Cl)cc3)[nH]c2cc1C. The molecule has 4 rings (SSSR count). The number of halogens is 1. The topological polar surface area (TPSA) is 57.4 Å². The van der Waals surface area contributed by atoms with Crippen molar-refractivity contribution in [3.8, 4) is 11.8 Å². The zero-order chi connectivity index (χ0) is 19.0. The molecular formula is C22H17ClN4. The summed E-state index contributed by atoms with van der Waals surface area (Å²) in [5, 5.41) is 10.4. The molecule has 132 valence electrons. The Morgan fingerprint density at radius 2 is 1.89 bits per heavy atom. The summed E-state index contributed by atoms with van der Waals surface area (Å²) in [5.74, 6) is 0.571. The lowest BCUT2D eigenvalue weighted by atomic mass is 10.1. The van der Waals surface area contributed by atoms with Crippen molar-refractivity contribution in [1.29, 1.82) is 5.26 Å². The zero-order valence-electron chi connectivity index (χ0n) is 15.0. The molecule has 4 aromatic rings. The fourth-order valence-electron chi connectivity index (χ4n) is 3.05. The van der Waals surface area contributed by atoms with Gasteiger partial charge in [-0.3, -0.25) is 0 Å². The minimum Gasteiger partial charge on any atom is -0.337 e. The van der Waals surface area contributed by atoms with E-state index in [1.54, 1.807) is 0 Å². The van der Waals surface area contributed by atoms with E-state index >= 15 is 0 Å². The number of fused-ring (bicyclic) bond motifs is 1. The van der Waals surface area contributed by atoms with Gasteiger partial charge >= 0.3 is 0 Å². The summed E-state index contributed by atoms with van der Waals surface area (Å²) in [6, 6.07) is 17.9. The Hall–Kier alpha value is -3.29. The molecule has 0 fully saturated rings. The number of aryl methyl sites for hydroxylation is 2. The molecule has 0 aliphatic rings. The smallest absolute Gasteiger partial charge is 0.149 e. The summed E-state index contributed by atoms with van der Waals surface area (Å²) in [7, 11) is 0. The number of imidazole rings is 1. The second kappa shape index (κ2) is 6.79. The highest BCUT2D eigenvalue weighted by molar-refractivity contribution is 6.30. The molecule has 1 N–H and O–H groups in total. The van der Waals surface area contributed by atoms with E-state index in [-0.39, 0.29) is 0 Å². The number of nitriles is 1. The average molecular weight is 373 g/mol. The molecule has 0 amide bonds. The summed E-state index contributed by atoms with van der Waals surface area (Å²) in [5.41, 5.74) is 6.52. The molecule has 4 nitrogen and oxygen atoms in total. The summed E-state index contributed by atoms with van der Waals surface area (Å²) >= 11 is 5.98. The third-order valence-electron chi connectivity index (χ3n) is 4.65. The minimum atomic E-state index is 0.482. The van der Waals surface area contributed by atoms with E-state index < -0.39 is 0 Å². The van der Waals surface area contributed by atoms with Crippen molar-refractivity contribution in [2.24, 2.45) is 0 Å². The molecule has 0 saturated heterocycles. The average Bonchev–Trinajstić information content (AvgIpc) is 3.27. The molecule has 0 bridgehead atoms. The lowest BCUT2D eigenvalue weighted by molar-refractivity contribution is 1.06. The lowest BCUT2D eigenvalue weighted by Gasteiger charge is -2.07. The van der Waals surface area contributed by atoms with Crippen molar-refractivity contribution < 1.29 is 0 Å². The number of aromatic nitrogens is 3. The molecule has 2 heterocycles. The number of H-pyrrole nitrogens is 1. The Balaban J connectivity index is 1.78. The van der Waals surface area contributed by atoms with E-state index in [1.165, 1.54) is 11.1 Å². The first-order chi connectivity index (χ1) is 13.0. The largest absolute Gasteiger partial charge is 0.337 e.